The van der Waals surface area contributed by atoms with Crippen molar-refractivity contribution in [1.82, 2.24) is 0 Å². The second-order valence-corrected chi connectivity index (χ2v) is 4.94. The Labute approximate surface area is 121 Å². The van der Waals surface area contributed by atoms with Gasteiger partial charge in [0.25, 0.3) is 0 Å². The van der Waals surface area contributed by atoms with Gasteiger partial charge in [-0.3, -0.25) is 0 Å². The minimum atomic E-state index is -1.47. The fourth-order valence-electron chi connectivity index (χ4n) is 1.78. The van der Waals surface area contributed by atoms with Gasteiger partial charge in [0.2, 0.25) is 0 Å². The van der Waals surface area contributed by atoms with Crippen LogP contribution in [0.4, 0.5) is 13.2 Å². The molecule has 20 heavy (non-hydrogen) atoms. The Balaban J connectivity index is 2.43. The predicted molar refractivity (Wildman–Crippen MR) is 71.1 cm³/mol. The summed E-state index contributed by atoms with van der Waals surface area (Å²) in [4.78, 5) is 0. The summed E-state index contributed by atoms with van der Waals surface area (Å²) in [5.74, 6) is -2.19. The average molecular weight is 347 g/mol. The summed E-state index contributed by atoms with van der Waals surface area (Å²) in [7, 11) is 1.30. The maximum Gasteiger partial charge on any atom is 0.165 e. The largest absolute Gasteiger partial charge is 0.494 e. The van der Waals surface area contributed by atoms with E-state index in [1.807, 2.05) is 0 Å². The van der Waals surface area contributed by atoms with Crippen molar-refractivity contribution in [1.29, 1.82) is 0 Å². The first-order valence-electron chi connectivity index (χ1n) is 5.60. The number of halogens is 4. The first-order chi connectivity index (χ1) is 9.43. The molecule has 1 atom stereocenters. The second kappa shape index (κ2) is 5.85. The van der Waals surface area contributed by atoms with Crippen LogP contribution in [0.2, 0.25) is 0 Å². The zero-order valence-corrected chi connectivity index (χ0v) is 11.9. The highest BCUT2D eigenvalue weighted by atomic mass is 79.9. The van der Waals surface area contributed by atoms with Crippen molar-refractivity contribution in [2.24, 2.45) is 0 Å². The van der Waals surface area contributed by atoms with E-state index >= 15 is 0 Å². The minimum Gasteiger partial charge on any atom is -0.494 e. The zero-order valence-electron chi connectivity index (χ0n) is 10.3. The van der Waals surface area contributed by atoms with Crippen LogP contribution in [0.25, 0.3) is 0 Å². The van der Waals surface area contributed by atoms with Crippen LogP contribution in [0.3, 0.4) is 0 Å². The molecule has 0 aromatic heterocycles. The smallest absolute Gasteiger partial charge is 0.165 e. The molecule has 0 bridgehead atoms. The lowest BCUT2D eigenvalue weighted by molar-refractivity contribution is 0.213. The molecule has 2 rings (SSSR count). The molecule has 0 fully saturated rings. The third-order valence-corrected chi connectivity index (χ3v) is 3.43. The molecule has 106 valence electrons. The lowest BCUT2D eigenvalue weighted by atomic mass is 10.0. The maximum absolute atomic E-state index is 13.7. The lowest BCUT2D eigenvalue weighted by Gasteiger charge is -2.14. The Kier molecular flexibility index (Phi) is 4.35. The molecule has 0 saturated heterocycles. The highest BCUT2D eigenvalue weighted by Gasteiger charge is 2.19. The zero-order chi connectivity index (χ0) is 14.9. The lowest BCUT2D eigenvalue weighted by Crippen LogP contribution is -2.04. The molecule has 2 aromatic rings. The summed E-state index contributed by atoms with van der Waals surface area (Å²) >= 11 is 2.84. The Morgan fingerprint density at radius 1 is 1.05 bits per heavy atom. The molecule has 0 radical (unpaired) electrons. The number of methoxy groups -OCH3 is 1. The Bertz CT molecular complexity index is 647. The average Bonchev–Trinajstić information content (AvgIpc) is 2.42. The van der Waals surface area contributed by atoms with Crippen molar-refractivity contribution >= 4 is 15.9 Å². The van der Waals surface area contributed by atoms with Gasteiger partial charge in [0.1, 0.15) is 17.7 Å². The van der Waals surface area contributed by atoms with E-state index in [1.165, 1.54) is 19.2 Å². The molecule has 0 spiro atoms. The van der Waals surface area contributed by atoms with E-state index in [-0.39, 0.29) is 21.3 Å². The number of benzene rings is 2. The van der Waals surface area contributed by atoms with Crippen LogP contribution in [-0.4, -0.2) is 12.2 Å². The van der Waals surface area contributed by atoms with Gasteiger partial charge in [-0.25, -0.2) is 13.2 Å². The Morgan fingerprint density at radius 3 is 2.35 bits per heavy atom. The summed E-state index contributed by atoms with van der Waals surface area (Å²) in [6.45, 7) is 0. The van der Waals surface area contributed by atoms with Crippen molar-refractivity contribution in [2.45, 2.75) is 6.10 Å². The number of rotatable bonds is 3. The predicted octanol–water partition coefficient (Wildman–Crippen LogP) is 3.96. The van der Waals surface area contributed by atoms with Gasteiger partial charge in [-0.1, -0.05) is 6.07 Å². The molecular weight excluding hydrogens is 337 g/mol. The standard InChI is InChI=1S/C14H10BrF3O2/c1-20-13-3-2-7(4-12(13)18)14(19)8-5-11(17)9(15)6-10(8)16/h2-6,14,19H,1H3. The van der Waals surface area contributed by atoms with Crippen molar-refractivity contribution in [3.8, 4) is 5.75 Å². The van der Waals surface area contributed by atoms with Gasteiger partial charge in [-0.15, -0.1) is 0 Å². The first kappa shape index (κ1) is 14.9. The fourth-order valence-corrected chi connectivity index (χ4v) is 2.10. The molecule has 0 amide bonds. The van der Waals surface area contributed by atoms with E-state index in [0.29, 0.717) is 0 Å². The van der Waals surface area contributed by atoms with Crippen LogP contribution in [0, 0.1) is 17.5 Å². The van der Waals surface area contributed by atoms with E-state index in [1.54, 1.807) is 0 Å². The van der Waals surface area contributed by atoms with Crippen molar-refractivity contribution in [2.75, 3.05) is 7.11 Å². The molecule has 1 unspecified atom stereocenters. The molecule has 0 aliphatic rings. The minimum absolute atomic E-state index is 0.00316. The van der Waals surface area contributed by atoms with Crippen LogP contribution in [0.5, 0.6) is 5.75 Å². The molecule has 0 aliphatic heterocycles. The number of aliphatic hydroxyl groups excluding tert-OH is 1. The Morgan fingerprint density at radius 2 is 1.75 bits per heavy atom. The van der Waals surface area contributed by atoms with Crippen LogP contribution >= 0.6 is 15.9 Å². The van der Waals surface area contributed by atoms with E-state index in [4.69, 9.17) is 4.74 Å². The second-order valence-electron chi connectivity index (χ2n) is 4.08. The third-order valence-electron chi connectivity index (χ3n) is 2.83. The highest BCUT2D eigenvalue weighted by molar-refractivity contribution is 9.10. The van der Waals surface area contributed by atoms with Gasteiger partial charge in [0.15, 0.2) is 11.6 Å². The molecule has 2 nitrogen and oxygen atoms in total. The molecule has 0 aliphatic carbocycles. The molecule has 0 saturated carbocycles. The van der Waals surface area contributed by atoms with E-state index in [2.05, 4.69) is 15.9 Å². The van der Waals surface area contributed by atoms with Gasteiger partial charge in [0, 0.05) is 5.56 Å². The molecular formula is C14H10BrF3O2. The van der Waals surface area contributed by atoms with Gasteiger partial charge >= 0.3 is 0 Å². The fraction of sp³-hybridized carbons (Fsp3) is 0.143. The van der Waals surface area contributed by atoms with Crippen molar-refractivity contribution in [3.63, 3.8) is 0 Å². The van der Waals surface area contributed by atoms with Crippen LogP contribution in [-0.2, 0) is 0 Å². The normalized spacial score (nSPS) is 12.3. The third kappa shape index (κ3) is 2.81. The van der Waals surface area contributed by atoms with E-state index < -0.39 is 23.6 Å². The summed E-state index contributed by atoms with van der Waals surface area (Å²) in [5.41, 5.74) is -0.167. The van der Waals surface area contributed by atoms with Gasteiger partial charge in [-0.05, 0) is 45.8 Å². The quantitative estimate of drug-likeness (QED) is 0.852. The van der Waals surface area contributed by atoms with E-state index in [9.17, 15) is 18.3 Å². The monoisotopic (exact) mass is 346 g/mol. The topological polar surface area (TPSA) is 29.5 Å². The van der Waals surface area contributed by atoms with Crippen LogP contribution in [0.1, 0.15) is 17.2 Å². The highest BCUT2D eigenvalue weighted by Crippen LogP contribution is 2.30. The van der Waals surface area contributed by atoms with Crippen LogP contribution in [0.15, 0.2) is 34.8 Å². The maximum atomic E-state index is 13.7. The van der Waals surface area contributed by atoms with Gasteiger partial charge < -0.3 is 9.84 Å². The molecule has 2 aromatic carbocycles. The summed E-state index contributed by atoms with van der Waals surface area (Å²) in [6.07, 6.45) is -1.47. The van der Waals surface area contributed by atoms with E-state index in [0.717, 1.165) is 18.2 Å². The summed E-state index contributed by atoms with van der Waals surface area (Å²) < 4.78 is 45.4. The summed E-state index contributed by atoms with van der Waals surface area (Å²) in [5, 5.41) is 10.0. The van der Waals surface area contributed by atoms with Gasteiger partial charge in [-0.2, -0.15) is 0 Å². The first-order valence-corrected chi connectivity index (χ1v) is 6.39. The van der Waals surface area contributed by atoms with Crippen molar-refractivity contribution < 1.29 is 23.0 Å². The van der Waals surface area contributed by atoms with Gasteiger partial charge in [0.05, 0.1) is 11.6 Å². The Hall–Kier alpha value is -1.53. The summed E-state index contributed by atoms with van der Waals surface area (Å²) in [6, 6.07) is 5.48. The SMILES string of the molecule is COc1ccc(C(O)c2cc(F)c(Br)cc2F)cc1F. The number of hydrogen-bond acceptors (Lipinski definition) is 2. The number of hydrogen-bond donors (Lipinski definition) is 1. The number of aliphatic hydroxyl groups is 1. The molecule has 0 heterocycles. The number of ether oxygens (including phenoxy) is 1. The molecule has 1 N–H and O–H groups in total. The van der Waals surface area contributed by atoms with Crippen LogP contribution < -0.4 is 4.74 Å². The molecule has 6 heteroatoms. The van der Waals surface area contributed by atoms with Crippen molar-refractivity contribution in [3.05, 3.63) is 63.4 Å².